The summed E-state index contributed by atoms with van der Waals surface area (Å²) in [6.45, 7) is 8.00. The highest BCUT2D eigenvalue weighted by Crippen LogP contribution is 2.44. The molecule has 0 radical (unpaired) electrons. The van der Waals surface area contributed by atoms with Gasteiger partial charge in [0.1, 0.15) is 0 Å². The Labute approximate surface area is 145 Å². The van der Waals surface area contributed by atoms with E-state index in [2.05, 4.69) is 43.4 Å². The van der Waals surface area contributed by atoms with E-state index in [1.54, 1.807) is 0 Å². The smallest absolute Gasteiger partial charge is 0.0720 e. The van der Waals surface area contributed by atoms with Crippen LogP contribution >= 0.6 is 0 Å². The number of benzene rings is 1. The van der Waals surface area contributed by atoms with Gasteiger partial charge >= 0.3 is 0 Å². The van der Waals surface area contributed by atoms with Crippen molar-refractivity contribution in [1.29, 1.82) is 0 Å². The normalized spacial score (nSPS) is 31.8. The molecule has 1 heterocycles. The molecule has 1 saturated heterocycles. The summed E-state index contributed by atoms with van der Waals surface area (Å²) in [6.07, 6.45) is 3.21. The van der Waals surface area contributed by atoms with Crippen LogP contribution in [0, 0.1) is 10.8 Å². The molecule has 4 heteroatoms. The van der Waals surface area contributed by atoms with E-state index in [0.717, 1.165) is 39.0 Å². The second-order valence-electron chi connectivity index (χ2n) is 8.05. The van der Waals surface area contributed by atoms with Crippen molar-refractivity contribution >= 4 is 0 Å². The lowest BCUT2D eigenvalue weighted by Crippen LogP contribution is -2.62. The fraction of sp³-hybridized carbons (Fsp3) is 0.700. The van der Waals surface area contributed by atoms with Crippen LogP contribution in [0.5, 0.6) is 0 Å². The molecule has 4 nitrogen and oxygen atoms in total. The molecule has 3 atom stereocenters. The predicted molar refractivity (Wildman–Crippen MR) is 94.8 cm³/mol. The van der Waals surface area contributed by atoms with Crippen LogP contribution in [0.15, 0.2) is 30.3 Å². The van der Waals surface area contributed by atoms with Crippen molar-refractivity contribution in [2.45, 2.75) is 51.9 Å². The monoisotopic (exact) mass is 333 g/mol. The number of nitrogens with one attached hydrogen (secondary N) is 1. The first-order chi connectivity index (χ1) is 11.6. The summed E-state index contributed by atoms with van der Waals surface area (Å²) < 4.78 is 11.7. The lowest BCUT2D eigenvalue weighted by Gasteiger charge is -2.52. The minimum Gasteiger partial charge on any atom is -0.396 e. The zero-order chi connectivity index (χ0) is 17.0. The van der Waals surface area contributed by atoms with Gasteiger partial charge in [-0.1, -0.05) is 44.2 Å². The largest absolute Gasteiger partial charge is 0.396 e. The van der Waals surface area contributed by atoms with E-state index in [9.17, 15) is 5.11 Å². The minimum atomic E-state index is 0.112. The molecule has 1 aromatic carbocycles. The summed E-state index contributed by atoms with van der Waals surface area (Å²) in [5, 5.41) is 13.1. The molecule has 1 aliphatic heterocycles. The van der Waals surface area contributed by atoms with Gasteiger partial charge in [0.05, 0.1) is 19.3 Å². The Morgan fingerprint density at radius 3 is 2.71 bits per heavy atom. The number of rotatable bonds is 8. The summed E-state index contributed by atoms with van der Waals surface area (Å²) in [5.74, 6) is 0. The molecule has 0 bridgehead atoms. The van der Waals surface area contributed by atoms with Gasteiger partial charge < -0.3 is 19.9 Å². The van der Waals surface area contributed by atoms with Gasteiger partial charge in [0.25, 0.3) is 0 Å². The lowest BCUT2D eigenvalue weighted by molar-refractivity contribution is -0.126. The summed E-state index contributed by atoms with van der Waals surface area (Å²) in [4.78, 5) is 0. The van der Waals surface area contributed by atoms with Crippen molar-refractivity contribution in [1.82, 2.24) is 5.32 Å². The average Bonchev–Trinajstić information content (AvgIpc) is 3.03. The molecule has 2 N–H and O–H groups in total. The Hall–Kier alpha value is -0.940. The highest BCUT2D eigenvalue weighted by atomic mass is 16.5. The zero-order valence-corrected chi connectivity index (χ0v) is 15.0. The summed E-state index contributed by atoms with van der Waals surface area (Å²) in [5.41, 5.74) is 1.48. The van der Waals surface area contributed by atoms with Crippen LogP contribution in [0.25, 0.3) is 0 Å². The zero-order valence-electron chi connectivity index (χ0n) is 15.0. The maximum absolute atomic E-state index is 9.35. The molecular formula is C20H31NO3. The van der Waals surface area contributed by atoms with Gasteiger partial charge in [0.15, 0.2) is 0 Å². The van der Waals surface area contributed by atoms with Gasteiger partial charge in [-0.05, 0) is 24.8 Å². The molecule has 3 rings (SSSR count). The third-order valence-corrected chi connectivity index (χ3v) is 6.02. The maximum Gasteiger partial charge on any atom is 0.0720 e. The van der Waals surface area contributed by atoms with Crippen molar-refractivity contribution < 1.29 is 14.6 Å². The molecule has 1 aliphatic carbocycles. The van der Waals surface area contributed by atoms with E-state index in [1.807, 2.05) is 6.07 Å². The van der Waals surface area contributed by atoms with Crippen molar-refractivity contribution in [3.63, 3.8) is 0 Å². The number of aliphatic hydroxyl groups excluding tert-OH is 1. The van der Waals surface area contributed by atoms with Crippen molar-refractivity contribution in [3.05, 3.63) is 35.9 Å². The number of ether oxygens (including phenoxy) is 2. The Morgan fingerprint density at radius 2 is 2.08 bits per heavy atom. The molecule has 0 spiro atoms. The quantitative estimate of drug-likeness (QED) is 0.768. The van der Waals surface area contributed by atoms with E-state index >= 15 is 0 Å². The fourth-order valence-electron chi connectivity index (χ4n) is 3.94. The highest BCUT2D eigenvalue weighted by molar-refractivity contribution is 5.14. The van der Waals surface area contributed by atoms with E-state index in [0.29, 0.717) is 18.8 Å². The van der Waals surface area contributed by atoms with Crippen molar-refractivity contribution in [2.24, 2.45) is 10.8 Å². The molecular weight excluding hydrogens is 302 g/mol. The second-order valence-corrected chi connectivity index (χ2v) is 8.05. The first-order valence-electron chi connectivity index (χ1n) is 9.13. The fourth-order valence-corrected chi connectivity index (χ4v) is 3.94. The number of hydrogen-bond donors (Lipinski definition) is 2. The molecule has 0 amide bonds. The number of aliphatic hydroxyl groups is 1. The summed E-state index contributed by atoms with van der Waals surface area (Å²) in [7, 11) is 0. The van der Waals surface area contributed by atoms with E-state index < -0.39 is 0 Å². The van der Waals surface area contributed by atoms with Gasteiger partial charge in [-0.3, -0.25) is 0 Å². The van der Waals surface area contributed by atoms with Crippen LogP contribution in [-0.2, 0) is 16.1 Å². The molecule has 2 fully saturated rings. The van der Waals surface area contributed by atoms with Crippen LogP contribution in [0.2, 0.25) is 0 Å². The van der Waals surface area contributed by atoms with E-state index in [1.165, 1.54) is 5.56 Å². The molecule has 24 heavy (non-hydrogen) atoms. The van der Waals surface area contributed by atoms with E-state index in [-0.39, 0.29) is 17.4 Å². The van der Waals surface area contributed by atoms with Crippen LogP contribution in [0.1, 0.15) is 38.7 Å². The first kappa shape index (κ1) is 17.9. The van der Waals surface area contributed by atoms with Gasteiger partial charge in [-0.15, -0.1) is 0 Å². The maximum atomic E-state index is 9.35. The Bertz CT molecular complexity index is 511. The van der Waals surface area contributed by atoms with Crippen LogP contribution in [0.4, 0.5) is 0 Å². The Balaban J connectivity index is 1.47. The van der Waals surface area contributed by atoms with Crippen molar-refractivity contribution in [2.75, 3.05) is 26.4 Å². The third-order valence-electron chi connectivity index (χ3n) is 6.02. The Morgan fingerprint density at radius 1 is 1.29 bits per heavy atom. The van der Waals surface area contributed by atoms with E-state index in [4.69, 9.17) is 9.47 Å². The van der Waals surface area contributed by atoms with Crippen LogP contribution in [0.3, 0.4) is 0 Å². The highest BCUT2D eigenvalue weighted by Gasteiger charge is 2.49. The average molecular weight is 333 g/mol. The van der Waals surface area contributed by atoms with Crippen LogP contribution in [-0.4, -0.2) is 43.6 Å². The summed E-state index contributed by atoms with van der Waals surface area (Å²) in [6, 6.07) is 10.8. The lowest BCUT2D eigenvalue weighted by atomic mass is 9.64. The van der Waals surface area contributed by atoms with Gasteiger partial charge in [-0.2, -0.15) is 0 Å². The molecule has 1 saturated carbocycles. The molecule has 1 aromatic rings. The molecule has 2 aliphatic rings. The minimum absolute atomic E-state index is 0.112. The van der Waals surface area contributed by atoms with Crippen molar-refractivity contribution in [3.8, 4) is 0 Å². The van der Waals surface area contributed by atoms with Crippen LogP contribution < -0.4 is 5.32 Å². The van der Waals surface area contributed by atoms with Gasteiger partial charge in [0.2, 0.25) is 0 Å². The van der Waals surface area contributed by atoms with Gasteiger partial charge in [-0.25, -0.2) is 0 Å². The number of hydrogen-bond acceptors (Lipinski definition) is 4. The second kappa shape index (κ2) is 7.52. The standard InChI is InChI=1S/C20H31NO3/c1-19(2)17(21-14-20(8-10-22)9-11-23-15-20)12-18(19)24-13-16-6-4-3-5-7-16/h3-7,17-18,21-22H,8-15H2,1-2H3. The molecule has 134 valence electrons. The Kier molecular flexibility index (Phi) is 5.60. The summed E-state index contributed by atoms with van der Waals surface area (Å²) >= 11 is 0. The predicted octanol–water partition coefficient (Wildman–Crippen LogP) is 2.75. The third kappa shape index (κ3) is 3.83. The van der Waals surface area contributed by atoms with Gasteiger partial charge in [0, 0.05) is 36.6 Å². The molecule has 3 unspecified atom stereocenters. The topological polar surface area (TPSA) is 50.7 Å². The first-order valence-corrected chi connectivity index (χ1v) is 9.13. The molecule has 0 aromatic heterocycles. The SMILES string of the molecule is CC1(C)C(NCC2(CCO)CCOC2)CC1OCc1ccccc1.